The number of hydrogen-bond acceptors (Lipinski definition) is 8. The number of aromatic nitrogens is 6. The quantitative estimate of drug-likeness (QED) is 0.207. The van der Waals surface area contributed by atoms with Crippen LogP contribution in [-0.2, 0) is 17.9 Å². The van der Waals surface area contributed by atoms with E-state index in [1.807, 2.05) is 41.3 Å². The Bertz CT molecular complexity index is 2490. The van der Waals surface area contributed by atoms with Gasteiger partial charge in [0.05, 0.1) is 38.1 Å². The highest BCUT2D eigenvalue weighted by atomic mass is 19.1. The SMILES string of the molecule is COc1cc(F)cnc1N1CCN(C(=O)c2cc3c(-c4ccc(=O)n(Cc5ccccc5)c4)cc(C4=CCCN(C(=O)CCn5ccnn5)C4)c(F)c3[nH]2)CC1. The molecule has 0 radical (unpaired) electrons. The van der Waals surface area contributed by atoms with Crippen molar-refractivity contribution in [3.63, 3.8) is 0 Å². The van der Waals surface area contributed by atoms with E-state index in [4.69, 9.17) is 4.74 Å². The van der Waals surface area contributed by atoms with Crippen LogP contribution in [-0.4, -0.2) is 97.5 Å². The zero-order chi connectivity index (χ0) is 38.8. The minimum atomic E-state index is -0.539. The fourth-order valence-electron chi connectivity index (χ4n) is 7.41. The van der Waals surface area contributed by atoms with Gasteiger partial charge in [-0.25, -0.2) is 13.8 Å². The number of ether oxygens (including phenoxy) is 1. The molecule has 0 aliphatic carbocycles. The number of rotatable bonds is 10. The molecule has 6 aromatic rings. The van der Waals surface area contributed by atoms with E-state index >= 15 is 4.39 Å². The molecule has 2 aromatic carbocycles. The lowest BCUT2D eigenvalue weighted by Crippen LogP contribution is -2.49. The predicted octanol–water partition coefficient (Wildman–Crippen LogP) is 4.99. The van der Waals surface area contributed by atoms with Crippen molar-refractivity contribution in [1.29, 1.82) is 0 Å². The van der Waals surface area contributed by atoms with Crippen molar-refractivity contribution >= 4 is 34.1 Å². The Kier molecular flexibility index (Phi) is 10.1. The molecule has 0 atom stereocenters. The van der Waals surface area contributed by atoms with Crippen LogP contribution in [0.1, 0.15) is 34.5 Å². The van der Waals surface area contributed by atoms with Gasteiger partial charge in [-0.05, 0) is 46.9 Å². The van der Waals surface area contributed by atoms with Crippen LogP contribution < -0.4 is 15.2 Å². The van der Waals surface area contributed by atoms with Crippen LogP contribution in [0.5, 0.6) is 5.75 Å². The molecule has 56 heavy (non-hydrogen) atoms. The second kappa shape index (κ2) is 15.6. The normalized spacial score (nSPS) is 14.6. The number of hydrogen-bond donors (Lipinski definition) is 1. The second-order valence-corrected chi connectivity index (χ2v) is 13.8. The molecule has 0 bridgehead atoms. The van der Waals surface area contributed by atoms with E-state index < -0.39 is 11.6 Å². The number of carbonyl (C=O) groups excluding carboxylic acids is 2. The first-order valence-electron chi connectivity index (χ1n) is 18.4. The minimum Gasteiger partial charge on any atom is -0.493 e. The highest BCUT2D eigenvalue weighted by molar-refractivity contribution is 6.04. The molecule has 1 N–H and O–H groups in total. The van der Waals surface area contributed by atoms with Crippen LogP contribution in [0.3, 0.4) is 0 Å². The molecule has 4 aromatic heterocycles. The fourth-order valence-corrected chi connectivity index (χ4v) is 7.41. The maximum atomic E-state index is 16.9. The van der Waals surface area contributed by atoms with E-state index in [2.05, 4.69) is 20.3 Å². The summed E-state index contributed by atoms with van der Waals surface area (Å²) in [6.07, 6.45) is 8.85. The summed E-state index contributed by atoms with van der Waals surface area (Å²) in [6, 6.07) is 17.5. The van der Waals surface area contributed by atoms with E-state index in [0.717, 1.165) is 11.8 Å². The lowest BCUT2D eigenvalue weighted by atomic mass is 9.93. The molecule has 6 heterocycles. The summed E-state index contributed by atoms with van der Waals surface area (Å²) in [5.41, 5.74) is 3.35. The van der Waals surface area contributed by atoms with Gasteiger partial charge in [-0.3, -0.25) is 19.1 Å². The summed E-state index contributed by atoms with van der Waals surface area (Å²) < 4.78 is 39.2. The predicted molar refractivity (Wildman–Crippen MR) is 206 cm³/mol. The van der Waals surface area contributed by atoms with Gasteiger partial charge in [0, 0.05) is 81.2 Å². The monoisotopic (exact) mass is 759 g/mol. The van der Waals surface area contributed by atoms with Crippen molar-refractivity contribution in [3.05, 3.63) is 130 Å². The molecule has 0 unspecified atom stereocenters. The van der Waals surface area contributed by atoms with Crippen LogP contribution in [0.15, 0.2) is 96.3 Å². The highest BCUT2D eigenvalue weighted by Gasteiger charge is 2.29. The molecule has 2 amide bonds. The first-order chi connectivity index (χ1) is 27.2. The summed E-state index contributed by atoms with van der Waals surface area (Å²) in [6.45, 7) is 2.96. The van der Waals surface area contributed by atoms with Gasteiger partial charge in [0.1, 0.15) is 11.5 Å². The number of aromatic amines is 1. The maximum Gasteiger partial charge on any atom is 0.270 e. The molecule has 2 aliphatic heterocycles. The molecule has 8 rings (SSSR count). The Morgan fingerprint density at radius 2 is 1.77 bits per heavy atom. The van der Waals surface area contributed by atoms with Gasteiger partial charge in [0.15, 0.2) is 17.4 Å². The molecule has 15 heteroatoms. The number of nitrogens with one attached hydrogen (secondary N) is 1. The number of carbonyl (C=O) groups is 2. The largest absolute Gasteiger partial charge is 0.493 e. The van der Waals surface area contributed by atoms with Gasteiger partial charge in [-0.2, -0.15) is 0 Å². The minimum absolute atomic E-state index is 0.0812. The number of aryl methyl sites for hydroxylation is 1. The van der Waals surface area contributed by atoms with Crippen LogP contribution in [0.4, 0.5) is 14.6 Å². The molecule has 0 spiro atoms. The summed E-state index contributed by atoms with van der Waals surface area (Å²) >= 11 is 0. The van der Waals surface area contributed by atoms with Crippen LogP contribution in [0.25, 0.3) is 27.6 Å². The Morgan fingerprint density at radius 1 is 0.946 bits per heavy atom. The summed E-state index contributed by atoms with van der Waals surface area (Å²) in [4.78, 5) is 53.0. The number of H-pyrrole nitrogens is 1. The van der Waals surface area contributed by atoms with Gasteiger partial charge in [0.25, 0.3) is 11.5 Å². The van der Waals surface area contributed by atoms with Gasteiger partial charge in [-0.15, -0.1) is 5.10 Å². The third-order valence-corrected chi connectivity index (χ3v) is 10.3. The van der Waals surface area contributed by atoms with Crippen molar-refractivity contribution in [3.8, 4) is 16.9 Å². The van der Waals surface area contributed by atoms with Crippen LogP contribution in [0.2, 0.25) is 0 Å². The Hall–Kier alpha value is -6.64. The van der Waals surface area contributed by atoms with Crippen molar-refractivity contribution in [2.24, 2.45) is 0 Å². The van der Waals surface area contributed by atoms with Crippen molar-refractivity contribution in [2.75, 3.05) is 51.3 Å². The zero-order valence-corrected chi connectivity index (χ0v) is 30.7. The van der Waals surface area contributed by atoms with Crippen molar-refractivity contribution in [1.82, 2.24) is 39.3 Å². The molecule has 2 aliphatic rings. The average Bonchev–Trinajstić information content (AvgIpc) is 3.93. The first-order valence-corrected chi connectivity index (χ1v) is 18.4. The van der Waals surface area contributed by atoms with Gasteiger partial charge in [0.2, 0.25) is 5.91 Å². The lowest BCUT2D eigenvalue weighted by molar-refractivity contribution is -0.131. The number of methoxy groups -OCH3 is 1. The summed E-state index contributed by atoms with van der Waals surface area (Å²) in [7, 11) is 1.45. The Morgan fingerprint density at radius 3 is 2.54 bits per heavy atom. The number of piperazine rings is 1. The van der Waals surface area contributed by atoms with Crippen molar-refractivity contribution < 1.29 is 23.1 Å². The third-order valence-electron chi connectivity index (χ3n) is 10.3. The van der Waals surface area contributed by atoms with Crippen molar-refractivity contribution in [2.45, 2.75) is 25.9 Å². The molecule has 286 valence electrons. The second-order valence-electron chi connectivity index (χ2n) is 13.8. The van der Waals surface area contributed by atoms with Gasteiger partial charge in [-0.1, -0.05) is 41.6 Å². The number of pyridine rings is 2. The summed E-state index contributed by atoms with van der Waals surface area (Å²) in [5, 5.41) is 8.22. The first kappa shape index (κ1) is 36.3. The van der Waals surface area contributed by atoms with Gasteiger partial charge < -0.3 is 29.0 Å². The number of anilines is 1. The maximum absolute atomic E-state index is 16.9. The average molecular weight is 760 g/mol. The van der Waals surface area contributed by atoms with Crippen LogP contribution in [0, 0.1) is 11.6 Å². The number of amides is 2. The molecular weight excluding hydrogens is 721 g/mol. The standard InChI is InChI=1S/C41H39F2N9O4/c1-56-35-20-30(42)23-44-40(35)48-16-18-49(19-17-48)41(55)34-22-33-31(29-9-10-36(53)51(26-29)24-27-6-3-2-4-7-27)21-32(38(43)39(33)46-34)28-8-5-13-50(25-28)37(54)11-14-52-15-12-45-47-52/h2-4,6-10,12,15,20-23,26,46H,5,11,13-14,16-19,24-25H2,1H3. The molecule has 0 saturated carbocycles. The fraction of sp³-hybridized carbons (Fsp3) is 0.268. The molecular formula is C41H39F2N9O4. The summed E-state index contributed by atoms with van der Waals surface area (Å²) in [5.74, 6) is -0.631. The van der Waals surface area contributed by atoms with E-state index in [1.54, 1.807) is 55.8 Å². The number of benzene rings is 2. The molecule has 1 saturated heterocycles. The van der Waals surface area contributed by atoms with E-state index in [-0.39, 0.29) is 41.5 Å². The molecule has 13 nitrogen and oxygen atoms in total. The number of nitrogens with zero attached hydrogens (tertiary/aromatic N) is 8. The third kappa shape index (κ3) is 7.39. The van der Waals surface area contributed by atoms with Gasteiger partial charge >= 0.3 is 0 Å². The van der Waals surface area contributed by atoms with E-state index in [1.165, 1.54) is 19.2 Å². The lowest BCUT2D eigenvalue weighted by Gasteiger charge is -2.35. The number of fused-ring (bicyclic) bond motifs is 1. The Balaban J connectivity index is 1.12. The zero-order valence-electron chi connectivity index (χ0n) is 30.7. The van der Waals surface area contributed by atoms with Crippen LogP contribution >= 0.6 is 0 Å². The molecule has 1 fully saturated rings. The number of halogens is 2. The van der Waals surface area contributed by atoms with E-state index in [9.17, 15) is 18.8 Å². The van der Waals surface area contributed by atoms with E-state index in [0.29, 0.717) is 91.5 Å². The highest BCUT2D eigenvalue weighted by Crippen LogP contribution is 2.37. The topological polar surface area (TPSA) is 134 Å². The Labute approximate surface area is 320 Å². The smallest absolute Gasteiger partial charge is 0.270 e.